The Morgan fingerprint density at radius 2 is 2.06 bits per heavy atom. The van der Waals surface area contributed by atoms with E-state index in [4.69, 9.17) is 4.74 Å². The van der Waals surface area contributed by atoms with Gasteiger partial charge in [0.15, 0.2) is 0 Å². The first kappa shape index (κ1) is 13.5. The average Bonchev–Trinajstić information content (AvgIpc) is 2.44. The number of likely N-dealkylation sites (N-methyl/N-ethyl adjacent to an activating group) is 1. The van der Waals surface area contributed by atoms with Gasteiger partial charge in [-0.2, -0.15) is 0 Å². The second-order valence-electron chi connectivity index (χ2n) is 4.75. The molecule has 1 heterocycles. The quantitative estimate of drug-likeness (QED) is 0.835. The number of ether oxygens (including phenoxy) is 1. The van der Waals surface area contributed by atoms with Crippen LogP contribution in [0.15, 0.2) is 24.3 Å². The summed E-state index contributed by atoms with van der Waals surface area (Å²) in [4.78, 5) is 2.43. The number of nitrogens with one attached hydrogen (secondary N) is 1. The molecule has 18 heavy (non-hydrogen) atoms. The number of hydrogen-bond acceptors (Lipinski definition) is 3. The molecule has 0 aliphatic carbocycles. The molecule has 0 amide bonds. The third-order valence-electron chi connectivity index (χ3n) is 3.69. The first-order chi connectivity index (χ1) is 8.85. The lowest BCUT2D eigenvalue weighted by atomic mass is 9.99. The molecular formula is C15H24N2O. The van der Waals surface area contributed by atoms with Gasteiger partial charge in [0.2, 0.25) is 0 Å². The number of fused-ring (bicyclic) bond motifs is 1. The smallest absolute Gasteiger partial charge is 0.0721 e. The highest BCUT2D eigenvalue weighted by Crippen LogP contribution is 2.23. The molecule has 0 saturated carbocycles. The minimum atomic E-state index is 0.352. The Balaban J connectivity index is 1.87. The normalized spacial score (nSPS) is 18.9. The molecule has 0 radical (unpaired) electrons. The van der Waals surface area contributed by atoms with Gasteiger partial charge >= 0.3 is 0 Å². The average molecular weight is 248 g/mol. The lowest BCUT2D eigenvalue weighted by Gasteiger charge is -2.27. The molecule has 1 N–H and O–H groups in total. The molecule has 0 spiro atoms. The van der Waals surface area contributed by atoms with Gasteiger partial charge in [-0.05, 0) is 24.2 Å². The predicted molar refractivity (Wildman–Crippen MR) is 74.6 cm³/mol. The van der Waals surface area contributed by atoms with E-state index in [0.29, 0.717) is 6.04 Å². The molecule has 3 heteroatoms. The Hall–Kier alpha value is -0.900. The van der Waals surface area contributed by atoms with Crippen molar-refractivity contribution in [1.82, 2.24) is 10.2 Å². The summed E-state index contributed by atoms with van der Waals surface area (Å²) in [5, 5.41) is 3.61. The van der Waals surface area contributed by atoms with Crippen molar-refractivity contribution in [2.45, 2.75) is 26.5 Å². The van der Waals surface area contributed by atoms with Crippen LogP contribution in [0.25, 0.3) is 0 Å². The molecule has 1 unspecified atom stereocenters. The summed E-state index contributed by atoms with van der Waals surface area (Å²) in [6.07, 6.45) is 0. The zero-order chi connectivity index (χ0) is 12.8. The summed E-state index contributed by atoms with van der Waals surface area (Å²) < 4.78 is 5.64. The number of rotatable bonds is 6. The van der Waals surface area contributed by atoms with Gasteiger partial charge < -0.3 is 15.0 Å². The van der Waals surface area contributed by atoms with Crippen LogP contribution >= 0.6 is 0 Å². The lowest BCUT2D eigenvalue weighted by molar-refractivity contribution is 0.0813. The fourth-order valence-corrected chi connectivity index (χ4v) is 2.49. The molecule has 1 aromatic rings. The lowest BCUT2D eigenvalue weighted by Crippen LogP contribution is -2.36. The molecule has 3 nitrogen and oxygen atoms in total. The van der Waals surface area contributed by atoms with Gasteiger partial charge in [-0.25, -0.2) is 0 Å². The van der Waals surface area contributed by atoms with Crippen molar-refractivity contribution in [2.24, 2.45) is 0 Å². The van der Waals surface area contributed by atoms with E-state index in [0.717, 1.165) is 39.4 Å². The monoisotopic (exact) mass is 248 g/mol. The Morgan fingerprint density at radius 1 is 1.28 bits per heavy atom. The maximum atomic E-state index is 5.64. The van der Waals surface area contributed by atoms with Crippen LogP contribution in [0.5, 0.6) is 0 Å². The second kappa shape index (κ2) is 6.88. The summed E-state index contributed by atoms with van der Waals surface area (Å²) in [7, 11) is 0. The van der Waals surface area contributed by atoms with Crippen LogP contribution in [-0.4, -0.2) is 37.7 Å². The Morgan fingerprint density at radius 3 is 2.83 bits per heavy atom. The van der Waals surface area contributed by atoms with Gasteiger partial charge in [0.05, 0.1) is 19.3 Å². The van der Waals surface area contributed by atoms with Crippen LogP contribution in [0.3, 0.4) is 0 Å². The van der Waals surface area contributed by atoms with Gasteiger partial charge in [0, 0.05) is 13.1 Å². The van der Waals surface area contributed by atoms with Crippen molar-refractivity contribution in [2.75, 3.05) is 32.8 Å². The SMILES string of the molecule is CCN(CC)CCNC1COCc2ccccc21. The molecule has 1 aromatic carbocycles. The summed E-state index contributed by atoms with van der Waals surface area (Å²) in [5.74, 6) is 0. The van der Waals surface area contributed by atoms with Crippen molar-refractivity contribution < 1.29 is 4.74 Å². The number of hydrogen-bond donors (Lipinski definition) is 1. The summed E-state index contributed by atoms with van der Waals surface area (Å²) in [6.45, 7) is 10.3. The van der Waals surface area contributed by atoms with Gasteiger partial charge in [0.25, 0.3) is 0 Å². The fraction of sp³-hybridized carbons (Fsp3) is 0.600. The van der Waals surface area contributed by atoms with Crippen molar-refractivity contribution in [3.05, 3.63) is 35.4 Å². The maximum Gasteiger partial charge on any atom is 0.0721 e. The highest BCUT2D eigenvalue weighted by molar-refractivity contribution is 5.30. The molecule has 2 rings (SSSR count). The Kier molecular flexibility index (Phi) is 5.17. The summed E-state index contributed by atoms with van der Waals surface area (Å²) in [5.41, 5.74) is 2.73. The van der Waals surface area contributed by atoms with Crippen LogP contribution < -0.4 is 5.32 Å². The van der Waals surface area contributed by atoms with E-state index in [-0.39, 0.29) is 0 Å². The predicted octanol–water partition coefficient (Wildman–Crippen LogP) is 2.19. The largest absolute Gasteiger partial charge is 0.375 e. The van der Waals surface area contributed by atoms with Gasteiger partial charge in [-0.3, -0.25) is 0 Å². The molecular weight excluding hydrogens is 224 g/mol. The summed E-state index contributed by atoms with van der Waals surface area (Å²) >= 11 is 0. The van der Waals surface area contributed by atoms with Crippen molar-refractivity contribution in [1.29, 1.82) is 0 Å². The molecule has 0 aromatic heterocycles. The maximum absolute atomic E-state index is 5.64. The van der Waals surface area contributed by atoms with E-state index in [2.05, 4.69) is 48.3 Å². The van der Waals surface area contributed by atoms with Gasteiger partial charge in [0.1, 0.15) is 0 Å². The van der Waals surface area contributed by atoms with Crippen LogP contribution in [0.2, 0.25) is 0 Å². The van der Waals surface area contributed by atoms with E-state index in [1.54, 1.807) is 0 Å². The van der Waals surface area contributed by atoms with Crippen LogP contribution in [0.1, 0.15) is 31.0 Å². The minimum Gasteiger partial charge on any atom is -0.375 e. The van der Waals surface area contributed by atoms with E-state index < -0.39 is 0 Å². The first-order valence-corrected chi connectivity index (χ1v) is 6.96. The number of benzene rings is 1. The van der Waals surface area contributed by atoms with Gasteiger partial charge in [-0.1, -0.05) is 38.1 Å². The molecule has 1 aliphatic heterocycles. The van der Waals surface area contributed by atoms with E-state index in [9.17, 15) is 0 Å². The van der Waals surface area contributed by atoms with Crippen molar-refractivity contribution in [3.8, 4) is 0 Å². The van der Waals surface area contributed by atoms with E-state index in [1.165, 1.54) is 11.1 Å². The zero-order valence-electron chi connectivity index (χ0n) is 11.5. The molecule has 100 valence electrons. The molecule has 0 bridgehead atoms. The highest BCUT2D eigenvalue weighted by Gasteiger charge is 2.19. The zero-order valence-corrected chi connectivity index (χ0v) is 11.5. The minimum absolute atomic E-state index is 0.352. The molecule has 0 saturated heterocycles. The third-order valence-corrected chi connectivity index (χ3v) is 3.69. The van der Waals surface area contributed by atoms with Crippen molar-refractivity contribution in [3.63, 3.8) is 0 Å². The number of nitrogens with zero attached hydrogens (tertiary/aromatic N) is 1. The molecule has 1 aliphatic rings. The van der Waals surface area contributed by atoms with Crippen LogP contribution in [0, 0.1) is 0 Å². The summed E-state index contributed by atoms with van der Waals surface area (Å²) in [6, 6.07) is 8.93. The second-order valence-corrected chi connectivity index (χ2v) is 4.75. The Bertz CT molecular complexity index is 363. The molecule has 0 fully saturated rings. The third kappa shape index (κ3) is 3.31. The molecule has 1 atom stereocenters. The van der Waals surface area contributed by atoms with Crippen LogP contribution in [0.4, 0.5) is 0 Å². The van der Waals surface area contributed by atoms with Crippen molar-refractivity contribution >= 4 is 0 Å². The highest BCUT2D eigenvalue weighted by atomic mass is 16.5. The van der Waals surface area contributed by atoms with E-state index in [1.807, 2.05) is 0 Å². The van der Waals surface area contributed by atoms with Gasteiger partial charge in [-0.15, -0.1) is 0 Å². The topological polar surface area (TPSA) is 24.5 Å². The van der Waals surface area contributed by atoms with E-state index >= 15 is 0 Å². The standard InChI is InChI=1S/C15H24N2O/c1-3-17(4-2)10-9-16-15-12-18-11-13-7-5-6-8-14(13)15/h5-8,15-16H,3-4,9-12H2,1-2H3. The fourth-order valence-electron chi connectivity index (χ4n) is 2.49. The first-order valence-electron chi connectivity index (χ1n) is 6.96. The van der Waals surface area contributed by atoms with Crippen LogP contribution in [-0.2, 0) is 11.3 Å². The Labute approximate surface area is 110 Å².